The summed E-state index contributed by atoms with van der Waals surface area (Å²) in [4.78, 5) is 13.5. The Hall–Kier alpha value is -1.39. The largest absolute Gasteiger partial charge is 0.478 e. The molecule has 1 unspecified atom stereocenters. The molecule has 1 atom stereocenters. The number of hydrogen-bond acceptors (Lipinski definition) is 3. The van der Waals surface area contributed by atoms with Crippen molar-refractivity contribution < 1.29 is 9.90 Å². The van der Waals surface area contributed by atoms with Crippen molar-refractivity contribution in [2.24, 2.45) is 0 Å². The van der Waals surface area contributed by atoms with Gasteiger partial charge in [-0.1, -0.05) is 18.6 Å². The van der Waals surface area contributed by atoms with E-state index in [9.17, 15) is 4.79 Å². The molecule has 1 saturated heterocycles. The van der Waals surface area contributed by atoms with Gasteiger partial charge in [0.2, 0.25) is 0 Å². The van der Waals surface area contributed by atoms with Crippen molar-refractivity contribution in [1.29, 1.82) is 0 Å². The van der Waals surface area contributed by atoms with Gasteiger partial charge in [0.1, 0.15) is 0 Å². The Morgan fingerprint density at radius 3 is 2.52 bits per heavy atom. The second kappa shape index (κ2) is 6.58. The van der Waals surface area contributed by atoms with Gasteiger partial charge in [0.15, 0.2) is 0 Å². The molecule has 4 nitrogen and oxygen atoms in total. The Kier molecular flexibility index (Phi) is 4.56. The Balaban J connectivity index is 1.60. The molecule has 0 aromatic heterocycles. The lowest BCUT2D eigenvalue weighted by molar-refractivity contribution is 0.0697. The van der Waals surface area contributed by atoms with Gasteiger partial charge >= 0.3 is 5.97 Å². The van der Waals surface area contributed by atoms with Crippen LogP contribution in [0.3, 0.4) is 0 Å². The highest BCUT2D eigenvalue weighted by molar-refractivity contribution is 5.87. The van der Waals surface area contributed by atoms with Gasteiger partial charge in [-0.05, 0) is 49.9 Å². The number of hydrogen-bond donors (Lipinski definition) is 2. The molecule has 4 heteroatoms. The fraction of sp³-hybridized carbons (Fsp3) is 0.588. The first-order valence-electron chi connectivity index (χ1n) is 8.02. The number of carboxylic acids is 1. The number of benzene rings is 1. The minimum atomic E-state index is -0.855. The zero-order chi connectivity index (χ0) is 14.7. The third kappa shape index (κ3) is 4.05. The van der Waals surface area contributed by atoms with Crippen LogP contribution in [0.1, 0.15) is 48.0 Å². The van der Waals surface area contributed by atoms with Gasteiger partial charge in [-0.25, -0.2) is 4.79 Å². The lowest BCUT2D eigenvalue weighted by Gasteiger charge is -2.30. The summed E-state index contributed by atoms with van der Waals surface area (Å²) in [6.07, 6.45) is 6.53. The van der Waals surface area contributed by atoms with E-state index in [-0.39, 0.29) is 0 Å². The molecule has 1 aromatic rings. The van der Waals surface area contributed by atoms with Crippen LogP contribution in [0, 0.1) is 0 Å². The summed E-state index contributed by atoms with van der Waals surface area (Å²) in [5, 5.41) is 12.6. The Morgan fingerprint density at radius 1 is 1.19 bits per heavy atom. The summed E-state index contributed by atoms with van der Waals surface area (Å²) in [7, 11) is 0. The normalized spacial score (nSPS) is 22.4. The molecule has 2 aliphatic rings. The average Bonchev–Trinajstić information content (AvgIpc) is 3.33. The monoisotopic (exact) mass is 288 g/mol. The first-order chi connectivity index (χ1) is 10.2. The Bertz CT molecular complexity index is 476. The van der Waals surface area contributed by atoms with Crippen molar-refractivity contribution in [2.75, 3.05) is 13.1 Å². The number of rotatable bonds is 6. The maximum Gasteiger partial charge on any atom is 0.335 e. The third-order valence-electron chi connectivity index (χ3n) is 4.52. The minimum Gasteiger partial charge on any atom is -0.478 e. The van der Waals surface area contributed by atoms with Crippen LogP contribution in [0.4, 0.5) is 0 Å². The summed E-state index contributed by atoms with van der Waals surface area (Å²) < 4.78 is 0. The van der Waals surface area contributed by atoms with Crippen LogP contribution in [-0.4, -0.2) is 41.1 Å². The Morgan fingerprint density at radius 2 is 1.95 bits per heavy atom. The van der Waals surface area contributed by atoms with Crippen LogP contribution in [0.2, 0.25) is 0 Å². The van der Waals surface area contributed by atoms with Gasteiger partial charge in [-0.2, -0.15) is 0 Å². The zero-order valence-corrected chi connectivity index (χ0v) is 12.4. The van der Waals surface area contributed by atoms with Crippen molar-refractivity contribution in [3.63, 3.8) is 0 Å². The number of piperidine rings is 1. The summed E-state index contributed by atoms with van der Waals surface area (Å²) in [5.74, 6) is -0.855. The molecular weight excluding hydrogens is 264 g/mol. The third-order valence-corrected chi connectivity index (χ3v) is 4.52. The smallest absolute Gasteiger partial charge is 0.335 e. The molecule has 0 radical (unpaired) electrons. The molecule has 1 aromatic carbocycles. The predicted molar refractivity (Wildman–Crippen MR) is 82.5 cm³/mol. The van der Waals surface area contributed by atoms with Crippen molar-refractivity contribution in [3.05, 3.63) is 35.4 Å². The highest BCUT2D eigenvalue weighted by Gasteiger charge is 2.30. The van der Waals surface area contributed by atoms with E-state index in [4.69, 9.17) is 5.11 Å². The number of nitrogens with one attached hydrogen (secondary N) is 1. The van der Waals surface area contributed by atoms with E-state index >= 15 is 0 Å². The summed E-state index contributed by atoms with van der Waals surface area (Å²) in [5.41, 5.74) is 1.58. The molecule has 0 bridgehead atoms. The van der Waals surface area contributed by atoms with Crippen LogP contribution in [-0.2, 0) is 6.54 Å². The van der Waals surface area contributed by atoms with Crippen molar-refractivity contribution in [2.45, 2.75) is 50.7 Å². The van der Waals surface area contributed by atoms with E-state index in [1.54, 1.807) is 12.1 Å². The number of nitrogens with zero attached hydrogens (tertiary/aromatic N) is 1. The molecule has 1 saturated carbocycles. The van der Waals surface area contributed by atoms with Crippen molar-refractivity contribution in [3.8, 4) is 0 Å². The van der Waals surface area contributed by atoms with Crippen LogP contribution >= 0.6 is 0 Å². The van der Waals surface area contributed by atoms with E-state index in [1.807, 2.05) is 12.1 Å². The van der Waals surface area contributed by atoms with Gasteiger partial charge in [0.25, 0.3) is 0 Å². The highest BCUT2D eigenvalue weighted by Crippen LogP contribution is 2.29. The zero-order valence-electron chi connectivity index (χ0n) is 12.4. The maximum absolute atomic E-state index is 10.9. The maximum atomic E-state index is 10.9. The molecule has 3 rings (SSSR count). The molecular formula is C17H24N2O2. The van der Waals surface area contributed by atoms with Crippen LogP contribution in [0.5, 0.6) is 0 Å². The van der Waals surface area contributed by atoms with Gasteiger partial charge in [0, 0.05) is 25.2 Å². The quantitative estimate of drug-likeness (QED) is 0.844. The molecule has 1 aliphatic carbocycles. The molecule has 0 amide bonds. The molecule has 0 spiro atoms. The van der Waals surface area contributed by atoms with Gasteiger partial charge in [-0.15, -0.1) is 0 Å². The van der Waals surface area contributed by atoms with Gasteiger partial charge in [-0.3, -0.25) is 4.90 Å². The van der Waals surface area contributed by atoms with Crippen LogP contribution < -0.4 is 5.32 Å². The molecule has 114 valence electrons. The minimum absolute atomic E-state index is 0.366. The fourth-order valence-electron chi connectivity index (χ4n) is 3.13. The summed E-state index contributed by atoms with van der Waals surface area (Å²) in [6.45, 7) is 3.20. The number of aromatic carboxylic acids is 1. The first-order valence-corrected chi connectivity index (χ1v) is 8.02. The van der Waals surface area contributed by atoms with Crippen LogP contribution in [0.15, 0.2) is 24.3 Å². The molecule has 21 heavy (non-hydrogen) atoms. The molecule has 1 heterocycles. The second-order valence-corrected chi connectivity index (χ2v) is 6.31. The Labute approximate surface area is 126 Å². The van der Waals surface area contributed by atoms with Crippen molar-refractivity contribution in [1.82, 2.24) is 10.2 Å². The summed E-state index contributed by atoms with van der Waals surface area (Å²) in [6, 6.07) is 8.68. The number of carboxylic acid groups (broad SMARTS) is 1. The standard InChI is InChI=1S/C17H24N2O2/c20-17(21)14-6-4-13(5-7-14)11-19(16-8-9-16)12-15-3-1-2-10-18-15/h4-7,15-16,18H,1-3,8-12H2,(H,20,21). The van der Waals surface area contributed by atoms with Crippen LogP contribution in [0.25, 0.3) is 0 Å². The lowest BCUT2D eigenvalue weighted by Crippen LogP contribution is -2.44. The molecule has 1 aliphatic heterocycles. The van der Waals surface area contributed by atoms with E-state index in [1.165, 1.54) is 37.7 Å². The van der Waals surface area contributed by atoms with Gasteiger partial charge < -0.3 is 10.4 Å². The topological polar surface area (TPSA) is 52.6 Å². The summed E-state index contributed by atoms with van der Waals surface area (Å²) >= 11 is 0. The lowest BCUT2D eigenvalue weighted by atomic mass is 10.0. The van der Waals surface area contributed by atoms with Crippen molar-refractivity contribution >= 4 is 5.97 Å². The predicted octanol–water partition coefficient (Wildman–Crippen LogP) is 2.49. The first kappa shape index (κ1) is 14.5. The molecule has 2 N–H and O–H groups in total. The molecule has 2 fully saturated rings. The second-order valence-electron chi connectivity index (χ2n) is 6.31. The average molecular weight is 288 g/mol. The van der Waals surface area contributed by atoms with E-state index in [2.05, 4.69) is 10.2 Å². The number of carbonyl (C=O) groups is 1. The highest BCUT2D eigenvalue weighted by atomic mass is 16.4. The van der Waals surface area contributed by atoms with E-state index < -0.39 is 5.97 Å². The van der Waals surface area contributed by atoms with E-state index in [0.717, 1.165) is 25.7 Å². The SMILES string of the molecule is O=C(O)c1ccc(CN(CC2CCCCN2)C2CC2)cc1. The van der Waals surface area contributed by atoms with Gasteiger partial charge in [0.05, 0.1) is 5.56 Å². The van der Waals surface area contributed by atoms with E-state index in [0.29, 0.717) is 11.6 Å². The fourth-order valence-corrected chi connectivity index (χ4v) is 3.13.